The number of hydrogen-bond acceptors (Lipinski definition) is 3. The van der Waals surface area contributed by atoms with Gasteiger partial charge in [0.25, 0.3) is 0 Å². The van der Waals surface area contributed by atoms with E-state index in [1.54, 1.807) is 27.8 Å². The summed E-state index contributed by atoms with van der Waals surface area (Å²) in [6, 6.07) is -0.408. The number of hydrogen-bond donors (Lipinski definition) is 1. The quantitative estimate of drug-likeness (QED) is 0.906. The lowest BCUT2D eigenvalue weighted by atomic mass is 10.1. The van der Waals surface area contributed by atoms with Crippen molar-refractivity contribution in [3.05, 3.63) is 11.3 Å². The van der Waals surface area contributed by atoms with Crippen LogP contribution in [-0.4, -0.2) is 34.6 Å². The van der Waals surface area contributed by atoms with Gasteiger partial charge in [-0.2, -0.15) is 18.3 Å². The summed E-state index contributed by atoms with van der Waals surface area (Å²) in [6.07, 6.45) is -3.75. The van der Waals surface area contributed by atoms with Crippen LogP contribution in [-0.2, 0) is 13.5 Å². The lowest BCUT2D eigenvalue weighted by Crippen LogP contribution is -2.41. The van der Waals surface area contributed by atoms with Crippen LogP contribution >= 0.6 is 0 Å². The molecule has 4 nitrogen and oxygen atoms in total. The lowest BCUT2D eigenvalue weighted by molar-refractivity contribution is -0.120. The van der Waals surface area contributed by atoms with Gasteiger partial charge in [0.1, 0.15) is 12.4 Å². The number of anilines is 1. The Morgan fingerprint density at radius 1 is 1.30 bits per heavy atom. The van der Waals surface area contributed by atoms with Crippen LogP contribution in [0.2, 0.25) is 0 Å². The Balaban J connectivity index is 3.25. The predicted octanol–water partition coefficient (Wildman–Crippen LogP) is 2.40. The predicted molar refractivity (Wildman–Crippen MR) is 73.8 cm³/mol. The normalized spacial score (nSPS) is 13.9. The van der Waals surface area contributed by atoms with Crippen LogP contribution < -0.4 is 10.6 Å². The van der Waals surface area contributed by atoms with E-state index in [9.17, 15) is 13.2 Å². The molecule has 0 spiro atoms. The standard InChI is InChI=1S/C13H23F3N4/c1-8(2)20(7-13(14,15)16)12-11(6-9(3)17)10(4)18-19(12)5/h8-9H,6-7,17H2,1-5H3. The molecule has 0 saturated carbocycles. The molecule has 20 heavy (non-hydrogen) atoms. The lowest BCUT2D eigenvalue weighted by Gasteiger charge is -2.31. The zero-order chi connectivity index (χ0) is 15.7. The second kappa shape index (κ2) is 6.03. The molecule has 1 aromatic rings. The smallest absolute Gasteiger partial charge is 0.345 e. The highest BCUT2D eigenvalue weighted by atomic mass is 19.4. The first-order valence-electron chi connectivity index (χ1n) is 6.64. The maximum Gasteiger partial charge on any atom is 0.405 e. The van der Waals surface area contributed by atoms with E-state index in [1.165, 1.54) is 9.58 Å². The molecule has 1 atom stereocenters. The van der Waals surface area contributed by atoms with Crippen molar-refractivity contribution in [1.29, 1.82) is 0 Å². The Bertz CT molecular complexity index is 449. The fourth-order valence-electron chi connectivity index (χ4n) is 2.31. The molecule has 2 N–H and O–H groups in total. The molecule has 1 rings (SSSR count). The number of rotatable bonds is 5. The van der Waals surface area contributed by atoms with E-state index in [-0.39, 0.29) is 12.1 Å². The Morgan fingerprint density at radius 2 is 1.85 bits per heavy atom. The molecule has 0 amide bonds. The number of nitrogens with zero attached hydrogens (tertiary/aromatic N) is 3. The van der Waals surface area contributed by atoms with Crippen LogP contribution in [0.3, 0.4) is 0 Å². The van der Waals surface area contributed by atoms with Gasteiger partial charge in [-0.25, -0.2) is 0 Å². The number of alkyl halides is 3. The zero-order valence-electron chi connectivity index (χ0n) is 12.6. The summed E-state index contributed by atoms with van der Waals surface area (Å²) in [5.74, 6) is 0.507. The molecule has 0 radical (unpaired) electrons. The van der Waals surface area contributed by atoms with E-state index in [0.717, 1.165) is 11.3 Å². The third-order valence-electron chi connectivity index (χ3n) is 3.08. The summed E-state index contributed by atoms with van der Waals surface area (Å²) in [6.45, 7) is 6.12. The first-order valence-corrected chi connectivity index (χ1v) is 6.64. The zero-order valence-corrected chi connectivity index (χ0v) is 12.6. The van der Waals surface area contributed by atoms with Gasteiger partial charge in [0, 0.05) is 24.7 Å². The van der Waals surface area contributed by atoms with E-state index < -0.39 is 12.7 Å². The van der Waals surface area contributed by atoms with Crippen LogP contribution in [0, 0.1) is 6.92 Å². The van der Waals surface area contributed by atoms with Gasteiger partial charge in [0.2, 0.25) is 0 Å². The first kappa shape index (κ1) is 16.8. The van der Waals surface area contributed by atoms with Crippen LogP contribution in [0.4, 0.5) is 19.0 Å². The van der Waals surface area contributed by atoms with Crippen molar-refractivity contribution in [3.63, 3.8) is 0 Å². The highest BCUT2D eigenvalue weighted by molar-refractivity contribution is 5.51. The summed E-state index contributed by atoms with van der Waals surface area (Å²) in [4.78, 5) is 1.33. The van der Waals surface area contributed by atoms with E-state index in [0.29, 0.717) is 12.2 Å². The summed E-state index contributed by atoms with van der Waals surface area (Å²) in [5.41, 5.74) is 7.32. The Morgan fingerprint density at radius 3 is 2.25 bits per heavy atom. The largest absolute Gasteiger partial charge is 0.405 e. The van der Waals surface area contributed by atoms with Crippen molar-refractivity contribution in [2.75, 3.05) is 11.4 Å². The Hall–Kier alpha value is -1.24. The van der Waals surface area contributed by atoms with E-state index in [2.05, 4.69) is 5.10 Å². The molecule has 0 fully saturated rings. The summed E-state index contributed by atoms with van der Waals surface area (Å²) >= 11 is 0. The molecule has 1 aromatic heterocycles. The van der Waals surface area contributed by atoms with Crippen molar-refractivity contribution >= 4 is 5.82 Å². The van der Waals surface area contributed by atoms with Crippen molar-refractivity contribution < 1.29 is 13.2 Å². The van der Waals surface area contributed by atoms with Crippen molar-refractivity contribution in [1.82, 2.24) is 9.78 Å². The number of aromatic nitrogens is 2. The van der Waals surface area contributed by atoms with Gasteiger partial charge < -0.3 is 10.6 Å². The maximum absolute atomic E-state index is 12.8. The second-order valence-corrected chi connectivity index (χ2v) is 5.53. The molecular weight excluding hydrogens is 269 g/mol. The minimum absolute atomic E-state index is 0.128. The molecule has 7 heteroatoms. The topological polar surface area (TPSA) is 47.1 Å². The van der Waals surface area contributed by atoms with E-state index in [1.807, 2.05) is 6.92 Å². The molecule has 0 aliphatic carbocycles. The molecule has 0 aliphatic rings. The molecule has 0 bridgehead atoms. The fourth-order valence-corrected chi connectivity index (χ4v) is 2.31. The SMILES string of the molecule is Cc1nn(C)c(N(CC(F)(F)F)C(C)C)c1CC(C)N. The molecule has 1 heterocycles. The van der Waals surface area contributed by atoms with Gasteiger partial charge in [-0.05, 0) is 34.1 Å². The van der Waals surface area contributed by atoms with Gasteiger partial charge in [-0.3, -0.25) is 4.68 Å². The second-order valence-electron chi connectivity index (χ2n) is 5.53. The van der Waals surface area contributed by atoms with Gasteiger partial charge in [-0.15, -0.1) is 0 Å². The number of nitrogens with two attached hydrogens (primary N) is 1. The minimum atomic E-state index is -4.26. The third kappa shape index (κ3) is 4.13. The molecule has 0 aromatic carbocycles. The fraction of sp³-hybridized carbons (Fsp3) is 0.769. The van der Waals surface area contributed by atoms with Gasteiger partial charge in [0.05, 0.1) is 5.69 Å². The number of aryl methyl sites for hydroxylation is 2. The highest BCUT2D eigenvalue weighted by Crippen LogP contribution is 2.29. The first-order chi connectivity index (χ1) is 9.03. The average molecular weight is 292 g/mol. The van der Waals surface area contributed by atoms with Gasteiger partial charge in [0.15, 0.2) is 0 Å². The van der Waals surface area contributed by atoms with Crippen LogP contribution in [0.25, 0.3) is 0 Å². The summed E-state index contributed by atoms with van der Waals surface area (Å²) in [5, 5.41) is 4.25. The van der Waals surface area contributed by atoms with Crippen LogP contribution in [0.1, 0.15) is 32.0 Å². The molecule has 116 valence electrons. The van der Waals surface area contributed by atoms with Crippen molar-refractivity contribution in [2.24, 2.45) is 12.8 Å². The van der Waals surface area contributed by atoms with E-state index >= 15 is 0 Å². The van der Waals surface area contributed by atoms with Gasteiger partial charge >= 0.3 is 6.18 Å². The average Bonchev–Trinajstić information content (AvgIpc) is 2.48. The maximum atomic E-state index is 12.8. The minimum Gasteiger partial charge on any atom is -0.345 e. The Labute approximate surface area is 117 Å². The molecular formula is C13H23F3N4. The molecule has 0 aliphatic heterocycles. The molecule has 0 saturated heterocycles. The van der Waals surface area contributed by atoms with Crippen molar-refractivity contribution in [3.8, 4) is 0 Å². The van der Waals surface area contributed by atoms with Gasteiger partial charge in [-0.1, -0.05) is 0 Å². The number of halogens is 3. The van der Waals surface area contributed by atoms with E-state index in [4.69, 9.17) is 5.73 Å². The van der Waals surface area contributed by atoms with Crippen LogP contribution in [0.5, 0.6) is 0 Å². The summed E-state index contributed by atoms with van der Waals surface area (Å²) < 4.78 is 39.9. The highest BCUT2D eigenvalue weighted by Gasteiger charge is 2.34. The van der Waals surface area contributed by atoms with Crippen molar-refractivity contribution in [2.45, 2.75) is 52.4 Å². The summed E-state index contributed by atoms with van der Waals surface area (Å²) in [7, 11) is 1.67. The monoisotopic (exact) mass is 292 g/mol. The third-order valence-corrected chi connectivity index (χ3v) is 3.08. The molecule has 1 unspecified atom stereocenters. The Kier molecular flexibility index (Phi) is 5.07. The van der Waals surface area contributed by atoms with Crippen LogP contribution in [0.15, 0.2) is 0 Å².